The lowest BCUT2D eigenvalue weighted by atomic mass is 10.3. The smallest absolute Gasteiger partial charge is 0.311 e. The van der Waals surface area contributed by atoms with Crippen LogP contribution in [0.5, 0.6) is 5.75 Å². The number of benzene rings is 1. The van der Waals surface area contributed by atoms with E-state index in [1.54, 1.807) is 0 Å². The highest BCUT2D eigenvalue weighted by Gasteiger charge is 2.14. The van der Waals surface area contributed by atoms with Gasteiger partial charge in [-0.1, -0.05) is 11.6 Å². The molecule has 0 aliphatic rings. The standard InChI is InChI=1S/C9H10ClNO3S/c10-7-2-3-8(11(12)13)9(6-7)14-4-1-5-15/h2-3,6,15H,1,4-5H2. The minimum Gasteiger partial charge on any atom is -0.487 e. The highest BCUT2D eigenvalue weighted by atomic mass is 35.5. The second-order valence-electron chi connectivity index (χ2n) is 2.79. The number of nitrogens with zero attached hydrogens (tertiary/aromatic N) is 1. The molecule has 1 aromatic rings. The number of nitro benzene ring substituents is 1. The molecule has 4 nitrogen and oxygen atoms in total. The lowest BCUT2D eigenvalue weighted by molar-refractivity contribution is -0.385. The van der Waals surface area contributed by atoms with Gasteiger partial charge in [-0.15, -0.1) is 0 Å². The summed E-state index contributed by atoms with van der Waals surface area (Å²) in [6.07, 6.45) is 0.729. The predicted molar refractivity (Wildman–Crippen MR) is 62.1 cm³/mol. The zero-order chi connectivity index (χ0) is 11.3. The van der Waals surface area contributed by atoms with Gasteiger partial charge >= 0.3 is 5.69 Å². The normalized spacial score (nSPS) is 10.0. The number of halogens is 1. The third-order valence-electron chi connectivity index (χ3n) is 1.68. The summed E-state index contributed by atoms with van der Waals surface area (Å²) >= 11 is 9.73. The average Bonchev–Trinajstić information content (AvgIpc) is 2.18. The Morgan fingerprint density at radius 1 is 1.53 bits per heavy atom. The van der Waals surface area contributed by atoms with Gasteiger partial charge in [0.15, 0.2) is 5.75 Å². The first-order chi connectivity index (χ1) is 7.15. The van der Waals surface area contributed by atoms with E-state index < -0.39 is 4.92 Å². The molecule has 1 aromatic carbocycles. The molecule has 0 atom stereocenters. The molecule has 0 saturated heterocycles. The molecule has 15 heavy (non-hydrogen) atoms. The summed E-state index contributed by atoms with van der Waals surface area (Å²) < 4.78 is 5.24. The molecule has 1 rings (SSSR count). The SMILES string of the molecule is O=[N+]([O-])c1ccc(Cl)cc1OCCCS. The van der Waals surface area contributed by atoms with Crippen molar-refractivity contribution < 1.29 is 9.66 Å². The van der Waals surface area contributed by atoms with Crippen molar-refractivity contribution in [1.29, 1.82) is 0 Å². The van der Waals surface area contributed by atoms with Gasteiger partial charge in [0, 0.05) is 17.2 Å². The maximum absolute atomic E-state index is 10.6. The van der Waals surface area contributed by atoms with Gasteiger partial charge < -0.3 is 4.74 Å². The van der Waals surface area contributed by atoms with Crippen LogP contribution in [0.4, 0.5) is 5.69 Å². The largest absolute Gasteiger partial charge is 0.487 e. The van der Waals surface area contributed by atoms with Gasteiger partial charge in [-0.2, -0.15) is 12.6 Å². The van der Waals surface area contributed by atoms with Gasteiger partial charge in [0.2, 0.25) is 0 Å². The fourth-order valence-electron chi connectivity index (χ4n) is 1.00. The molecule has 0 spiro atoms. The lowest BCUT2D eigenvalue weighted by Crippen LogP contribution is -2.01. The monoisotopic (exact) mass is 247 g/mol. The van der Waals surface area contributed by atoms with Crippen molar-refractivity contribution in [3.8, 4) is 5.75 Å². The summed E-state index contributed by atoms with van der Waals surface area (Å²) in [5.74, 6) is 0.878. The van der Waals surface area contributed by atoms with Crippen molar-refractivity contribution >= 4 is 29.9 Å². The van der Waals surface area contributed by atoms with E-state index in [-0.39, 0.29) is 11.4 Å². The van der Waals surface area contributed by atoms with Gasteiger partial charge in [0.25, 0.3) is 0 Å². The van der Waals surface area contributed by atoms with Gasteiger partial charge in [-0.05, 0) is 18.2 Å². The molecule has 0 bridgehead atoms. The second-order valence-corrected chi connectivity index (χ2v) is 3.68. The second kappa shape index (κ2) is 5.82. The molecule has 0 fully saturated rings. The molecule has 0 radical (unpaired) electrons. The lowest BCUT2D eigenvalue weighted by Gasteiger charge is -2.05. The molecule has 0 saturated carbocycles. The predicted octanol–water partition coefficient (Wildman–Crippen LogP) is 2.95. The molecule has 0 amide bonds. The quantitative estimate of drug-likeness (QED) is 0.377. The van der Waals surface area contributed by atoms with Crippen LogP contribution in [0.3, 0.4) is 0 Å². The Balaban J connectivity index is 2.82. The van der Waals surface area contributed by atoms with E-state index in [9.17, 15) is 10.1 Å². The third-order valence-corrected chi connectivity index (χ3v) is 2.23. The molecular weight excluding hydrogens is 238 g/mol. The number of hydrogen-bond donors (Lipinski definition) is 1. The number of nitro groups is 1. The molecule has 82 valence electrons. The Kier molecular flexibility index (Phi) is 4.71. The van der Waals surface area contributed by atoms with Crippen molar-refractivity contribution in [2.45, 2.75) is 6.42 Å². The van der Waals surface area contributed by atoms with Crippen LogP contribution in [0.15, 0.2) is 18.2 Å². The van der Waals surface area contributed by atoms with E-state index in [1.807, 2.05) is 0 Å². The Hall–Kier alpha value is -0.940. The van der Waals surface area contributed by atoms with E-state index in [0.717, 1.165) is 6.42 Å². The van der Waals surface area contributed by atoms with Crippen molar-refractivity contribution in [2.75, 3.05) is 12.4 Å². The Morgan fingerprint density at radius 2 is 2.27 bits per heavy atom. The van der Waals surface area contributed by atoms with Gasteiger partial charge in [0.1, 0.15) is 0 Å². The number of rotatable bonds is 5. The first-order valence-electron chi connectivity index (χ1n) is 4.32. The minimum atomic E-state index is -0.494. The first-order valence-corrected chi connectivity index (χ1v) is 5.34. The van der Waals surface area contributed by atoms with Crippen molar-refractivity contribution in [1.82, 2.24) is 0 Å². The Morgan fingerprint density at radius 3 is 2.87 bits per heavy atom. The fraction of sp³-hybridized carbons (Fsp3) is 0.333. The zero-order valence-corrected chi connectivity index (χ0v) is 9.50. The van der Waals surface area contributed by atoms with Crippen LogP contribution in [0.1, 0.15) is 6.42 Å². The van der Waals surface area contributed by atoms with Crippen LogP contribution in [-0.2, 0) is 0 Å². The van der Waals surface area contributed by atoms with Crippen LogP contribution >= 0.6 is 24.2 Å². The average molecular weight is 248 g/mol. The summed E-state index contributed by atoms with van der Waals surface area (Å²) in [6.45, 7) is 0.394. The van der Waals surface area contributed by atoms with E-state index >= 15 is 0 Å². The van der Waals surface area contributed by atoms with Crippen LogP contribution in [-0.4, -0.2) is 17.3 Å². The highest BCUT2D eigenvalue weighted by Crippen LogP contribution is 2.29. The molecule has 0 heterocycles. The molecule has 0 N–H and O–H groups in total. The topological polar surface area (TPSA) is 52.4 Å². The van der Waals surface area contributed by atoms with E-state index in [4.69, 9.17) is 16.3 Å². The molecule has 6 heteroatoms. The zero-order valence-electron chi connectivity index (χ0n) is 7.85. The Labute approximate surface area is 97.8 Å². The van der Waals surface area contributed by atoms with Crippen molar-refractivity contribution in [3.05, 3.63) is 33.3 Å². The molecule has 0 aliphatic heterocycles. The first kappa shape index (κ1) is 12.1. The van der Waals surface area contributed by atoms with Crippen molar-refractivity contribution in [2.24, 2.45) is 0 Å². The number of hydrogen-bond acceptors (Lipinski definition) is 4. The summed E-state index contributed by atoms with van der Waals surface area (Å²) in [4.78, 5) is 10.1. The fourth-order valence-corrected chi connectivity index (χ4v) is 1.29. The van der Waals surface area contributed by atoms with Gasteiger partial charge in [0.05, 0.1) is 11.5 Å². The highest BCUT2D eigenvalue weighted by molar-refractivity contribution is 7.80. The van der Waals surface area contributed by atoms with Crippen LogP contribution < -0.4 is 4.74 Å². The number of thiol groups is 1. The van der Waals surface area contributed by atoms with Crippen LogP contribution in [0, 0.1) is 10.1 Å². The number of ether oxygens (including phenoxy) is 1. The maximum atomic E-state index is 10.6. The van der Waals surface area contributed by atoms with Gasteiger partial charge in [-0.3, -0.25) is 10.1 Å². The summed E-state index contributed by atoms with van der Waals surface area (Å²) in [7, 11) is 0. The van der Waals surface area contributed by atoms with Crippen LogP contribution in [0.2, 0.25) is 5.02 Å². The Bertz CT molecular complexity index is 359. The third kappa shape index (κ3) is 3.60. The summed E-state index contributed by atoms with van der Waals surface area (Å²) in [5, 5.41) is 11.1. The van der Waals surface area contributed by atoms with E-state index in [2.05, 4.69) is 12.6 Å². The molecule has 0 aromatic heterocycles. The van der Waals surface area contributed by atoms with E-state index in [0.29, 0.717) is 17.4 Å². The van der Waals surface area contributed by atoms with Crippen molar-refractivity contribution in [3.63, 3.8) is 0 Å². The molecule has 0 aliphatic carbocycles. The van der Waals surface area contributed by atoms with Crippen LogP contribution in [0.25, 0.3) is 0 Å². The summed E-state index contributed by atoms with van der Waals surface area (Å²) in [5.41, 5.74) is -0.0708. The molecule has 0 unspecified atom stereocenters. The maximum Gasteiger partial charge on any atom is 0.311 e. The minimum absolute atomic E-state index is 0.0708. The summed E-state index contributed by atoms with van der Waals surface area (Å²) in [6, 6.07) is 4.24. The van der Waals surface area contributed by atoms with E-state index in [1.165, 1.54) is 18.2 Å². The van der Waals surface area contributed by atoms with Gasteiger partial charge in [-0.25, -0.2) is 0 Å². The molecular formula is C9H10ClNO3S.